The number of rotatable bonds is 4. The Balaban J connectivity index is 2.29. The minimum absolute atomic E-state index is 0.0302. The standard InChI is InChI=1S/C23H36O3/c1-8-26-17-13-18-22(4,5)10-9-11-23(18,6)19-16(17)12-15(14(2)3)21(25-7)20(19)24/h12,14,17-18,24H,8-11,13H2,1-7H3/t17-,18-,23+/m1/s1. The topological polar surface area (TPSA) is 38.7 Å². The largest absolute Gasteiger partial charge is 0.504 e. The first-order valence-electron chi connectivity index (χ1n) is 10.2. The predicted octanol–water partition coefficient (Wildman–Crippen LogP) is 6.09. The van der Waals surface area contributed by atoms with Gasteiger partial charge in [0.1, 0.15) is 0 Å². The van der Waals surface area contributed by atoms with Crippen LogP contribution in [0.3, 0.4) is 0 Å². The lowest BCUT2D eigenvalue weighted by molar-refractivity contribution is -0.0367. The highest BCUT2D eigenvalue weighted by atomic mass is 16.5. The molecule has 0 radical (unpaired) electrons. The zero-order valence-electron chi connectivity index (χ0n) is 17.6. The third-order valence-corrected chi connectivity index (χ3v) is 7.11. The Labute approximate surface area is 159 Å². The van der Waals surface area contributed by atoms with Crippen LogP contribution in [0, 0.1) is 11.3 Å². The van der Waals surface area contributed by atoms with Crippen LogP contribution in [-0.2, 0) is 10.2 Å². The van der Waals surface area contributed by atoms with E-state index in [-0.39, 0.29) is 22.9 Å². The van der Waals surface area contributed by atoms with Gasteiger partial charge in [0.15, 0.2) is 11.5 Å². The molecule has 1 aromatic carbocycles. The Hall–Kier alpha value is -1.22. The van der Waals surface area contributed by atoms with Crippen molar-refractivity contribution in [2.24, 2.45) is 11.3 Å². The van der Waals surface area contributed by atoms with E-state index in [4.69, 9.17) is 9.47 Å². The Kier molecular flexibility index (Phi) is 5.07. The summed E-state index contributed by atoms with van der Waals surface area (Å²) in [5.41, 5.74) is 3.56. The molecule has 1 N–H and O–H groups in total. The fourth-order valence-electron chi connectivity index (χ4n) is 5.89. The first-order valence-corrected chi connectivity index (χ1v) is 10.2. The van der Waals surface area contributed by atoms with Crippen LogP contribution in [-0.4, -0.2) is 18.8 Å². The number of benzene rings is 1. The van der Waals surface area contributed by atoms with E-state index in [1.54, 1.807) is 7.11 Å². The number of ether oxygens (including phenoxy) is 2. The van der Waals surface area contributed by atoms with Crippen LogP contribution in [0.4, 0.5) is 0 Å². The van der Waals surface area contributed by atoms with Crippen molar-refractivity contribution in [3.63, 3.8) is 0 Å². The van der Waals surface area contributed by atoms with Gasteiger partial charge in [0.25, 0.3) is 0 Å². The van der Waals surface area contributed by atoms with E-state index in [0.29, 0.717) is 24.0 Å². The van der Waals surface area contributed by atoms with E-state index in [1.165, 1.54) is 18.4 Å². The molecule has 3 atom stereocenters. The summed E-state index contributed by atoms with van der Waals surface area (Å²) in [6.07, 6.45) is 4.65. The maximum Gasteiger partial charge on any atom is 0.164 e. The summed E-state index contributed by atoms with van der Waals surface area (Å²) in [6, 6.07) is 2.25. The van der Waals surface area contributed by atoms with Crippen LogP contribution >= 0.6 is 0 Å². The first-order chi connectivity index (χ1) is 12.2. The summed E-state index contributed by atoms with van der Waals surface area (Å²) in [5.74, 6) is 1.78. The average molecular weight is 361 g/mol. The zero-order valence-corrected chi connectivity index (χ0v) is 17.6. The quantitative estimate of drug-likeness (QED) is 0.706. The molecule has 0 spiro atoms. The zero-order chi connectivity index (χ0) is 19.3. The molecule has 2 aliphatic rings. The summed E-state index contributed by atoms with van der Waals surface area (Å²) in [7, 11) is 1.67. The summed E-state index contributed by atoms with van der Waals surface area (Å²) in [5, 5.41) is 11.3. The van der Waals surface area contributed by atoms with Gasteiger partial charge in [-0.05, 0) is 55.1 Å². The molecule has 3 heteroatoms. The lowest BCUT2D eigenvalue weighted by atomic mass is 9.49. The Morgan fingerprint density at radius 1 is 1.23 bits per heavy atom. The molecule has 0 unspecified atom stereocenters. The molecular weight excluding hydrogens is 324 g/mol. The van der Waals surface area contributed by atoms with Gasteiger partial charge in [-0.1, -0.05) is 41.0 Å². The second-order valence-electron chi connectivity index (χ2n) is 9.46. The van der Waals surface area contributed by atoms with Gasteiger partial charge in [0.05, 0.1) is 13.2 Å². The van der Waals surface area contributed by atoms with Gasteiger partial charge in [0, 0.05) is 23.1 Å². The van der Waals surface area contributed by atoms with Crippen LogP contribution in [0.5, 0.6) is 11.5 Å². The molecule has 0 amide bonds. The highest BCUT2D eigenvalue weighted by molar-refractivity contribution is 5.60. The first kappa shape index (κ1) is 19.5. The lowest BCUT2D eigenvalue weighted by Gasteiger charge is -2.56. The number of hydrogen-bond donors (Lipinski definition) is 1. The molecule has 0 bridgehead atoms. The van der Waals surface area contributed by atoms with Crippen molar-refractivity contribution in [1.29, 1.82) is 0 Å². The van der Waals surface area contributed by atoms with Crippen LogP contribution in [0.1, 0.15) is 95.9 Å². The van der Waals surface area contributed by atoms with Crippen LogP contribution in [0.15, 0.2) is 6.07 Å². The molecule has 0 aromatic heterocycles. The van der Waals surface area contributed by atoms with Crippen molar-refractivity contribution in [2.45, 2.75) is 84.7 Å². The monoisotopic (exact) mass is 360 g/mol. The third-order valence-electron chi connectivity index (χ3n) is 7.11. The third kappa shape index (κ3) is 2.83. The number of phenolic OH excluding ortho intramolecular Hbond substituents is 1. The van der Waals surface area contributed by atoms with E-state index >= 15 is 0 Å². The number of methoxy groups -OCH3 is 1. The van der Waals surface area contributed by atoms with Crippen LogP contribution in [0.2, 0.25) is 0 Å². The van der Waals surface area contributed by atoms with Gasteiger partial charge in [-0.3, -0.25) is 0 Å². The molecule has 0 heterocycles. The van der Waals surface area contributed by atoms with Crippen molar-refractivity contribution < 1.29 is 14.6 Å². The van der Waals surface area contributed by atoms with Gasteiger partial charge >= 0.3 is 0 Å². The number of fused-ring (bicyclic) bond motifs is 3. The highest BCUT2D eigenvalue weighted by Crippen LogP contribution is 2.63. The van der Waals surface area contributed by atoms with Crippen molar-refractivity contribution in [3.05, 3.63) is 22.8 Å². The predicted molar refractivity (Wildman–Crippen MR) is 106 cm³/mol. The van der Waals surface area contributed by atoms with E-state index in [0.717, 1.165) is 24.0 Å². The fraction of sp³-hybridized carbons (Fsp3) is 0.739. The lowest BCUT2D eigenvalue weighted by Crippen LogP contribution is -2.49. The molecule has 0 saturated heterocycles. The smallest absolute Gasteiger partial charge is 0.164 e. The number of hydrogen-bond acceptors (Lipinski definition) is 3. The molecule has 1 aromatic rings. The van der Waals surface area contributed by atoms with Gasteiger partial charge in [-0.25, -0.2) is 0 Å². The maximum atomic E-state index is 11.3. The molecule has 0 aliphatic heterocycles. The Morgan fingerprint density at radius 2 is 1.92 bits per heavy atom. The van der Waals surface area contributed by atoms with Crippen LogP contribution < -0.4 is 4.74 Å². The van der Waals surface area contributed by atoms with Gasteiger partial charge in [-0.2, -0.15) is 0 Å². The Morgan fingerprint density at radius 3 is 2.50 bits per heavy atom. The molecule has 1 saturated carbocycles. The van der Waals surface area contributed by atoms with Crippen molar-refractivity contribution >= 4 is 0 Å². The van der Waals surface area contributed by atoms with E-state index in [1.807, 2.05) is 0 Å². The summed E-state index contributed by atoms with van der Waals surface area (Å²) >= 11 is 0. The summed E-state index contributed by atoms with van der Waals surface area (Å²) in [4.78, 5) is 0. The van der Waals surface area contributed by atoms with Crippen molar-refractivity contribution in [3.8, 4) is 11.5 Å². The SMILES string of the molecule is CCO[C@@H]1C[C@@H]2C(C)(C)CCC[C@]2(C)c2c1cc(C(C)C)c(OC)c2O. The molecular formula is C23H36O3. The maximum absolute atomic E-state index is 11.3. The molecule has 3 nitrogen and oxygen atoms in total. The second-order valence-corrected chi connectivity index (χ2v) is 9.46. The van der Waals surface area contributed by atoms with Crippen LogP contribution in [0.25, 0.3) is 0 Å². The van der Waals surface area contributed by atoms with E-state index in [9.17, 15) is 5.11 Å². The van der Waals surface area contributed by atoms with Gasteiger partial charge in [-0.15, -0.1) is 0 Å². The van der Waals surface area contributed by atoms with Crippen molar-refractivity contribution in [1.82, 2.24) is 0 Å². The van der Waals surface area contributed by atoms with Crippen molar-refractivity contribution in [2.75, 3.05) is 13.7 Å². The molecule has 1 fully saturated rings. The minimum Gasteiger partial charge on any atom is -0.504 e. The molecule has 146 valence electrons. The number of phenols is 1. The minimum atomic E-state index is -0.0302. The second kappa shape index (κ2) is 6.74. The fourth-order valence-corrected chi connectivity index (χ4v) is 5.89. The van der Waals surface area contributed by atoms with Gasteiger partial charge in [0.2, 0.25) is 0 Å². The molecule has 3 rings (SSSR count). The molecule has 26 heavy (non-hydrogen) atoms. The van der Waals surface area contributed by atoms with E-state index in [2.05, 4.69) is 47.6 Å². The van der Waals surface area contributed by atoms with Gasteiger partial charge < -0.3 is 14.6 Å². The average Bonchev–Trinajstić information content (AvgIpc) is 2.55. The normalized spacial score (nSPS) is 30.0. The van der Waals surface area contributed by atoms with E-state index < -0.39 is 0 Å². The summed E-state index contributed by atoms with van der Waals surface area (Å²) in [6.45, 7) is 14.2. The Bertz CT molecular complexity index is 677. The summed E-state index contributed by atoms with van der Waals surface area (Å²) < 4.78 is 11.9. The molecule has 2 aliphatic carbocycles. The highest BCUT2D eigenvalue weighted by Gasteiger charge is 2.53. The number of aromatic hydroxyl groups is 1.